The minimum absolute atomic E-state index is 0.285. The Kier molecular flexibility index (Phi) is 2.58. The van der Waals surface area contributed by atoms with E-state index >= 15 is 0 Å². The SMILES string of the molecule is CN1C[C@@H]2C[C@]2(C(=O)c2csc3ccccc23)c2ccccc21. The molecule has 1 saturated carbocycles. The van der Waals surface area contributed by atoms with Crippen LogP contribution in [-0.4, -0.2) is 19.4 Å². The Morgan fingerprint density at radius 3 is 2.87 bits per heavy atom. The molecule has 3 heteroatoms. The first-order valence-corrected chi connectivity index (χ1v) is 8.91. The molecular formula is C20H17NOS. The zero-order valence-corrected chi connectivity index (χ0v) is 13.8. The number of carbonyl (C=O) groups excluding carboxylic acids is 1. The summed E-state index contributed by atoms with van der Waals surface area (Å²) in [7, 11) is 2.13. The van der Waals surface area contributed by atoms with Gasteiger partial charge in [-0.2, -0.15) is 0 Å². The smallest absolute Gasteiger partial charge is 0.175 e. The van der Waals surface area contributed by atoms with E-state index in [2.05, 4.69) is 53.7 Å². The fraction of sp³-hybridized carbons (Fsp3) is 0.250. The Bertz CT molecular complexity index is 943. The van der Waals surface area contributed by atoms with Gasteiger partial charge in [-0.1, -0.05) is 36.4 Å². The number of para-hydroxylation sites is 1. The van der Waals surface area contributed by atoms with Crippen LogP contribution in [0.15, 0.2) is 53.9 Å². The zero-order valence-electron chi connectivity index (χ0n) is 13.0. The van der Waals surface area contributed by atoms with Crippen molar-refractivity contribution in [2.45, 2.75) is 11.8 Å². The number of Topliss-reactive ketones (excluding diaryl/α,β-unsaturated/α-hetero) is 1. The summed E-state index contributed by atoms with van der Waals surface area (Å²) in [6, 6.07) is 16.7. The van der Waals surface area contributed by atoms with Crippen LogP contribution in [0.25, 0.3) is 10.1 Å². The third kappa shape index (κ3) is 1.66. The lowest BCUT2D eigenvalue weighted by molar-refractivity contribution is 0.0938. The van der Waals surface area contributed by atoms with E-state index in [1.54, 1.807) is 11.3 Å². The van der Waals surface area contributed by atoms with Crippen molar-refractivity contribution in [2.24, 2.45) is 5.92 Å². The molecule has 0 radical (unpaired) electrons. The van der Waals surface area contributed by atoms with Crippen LogP contribution in [0.4, 0.5) is 5.69 Å². The number of ketones is 1. The number of thiophene rings is 1. The van der Waals surface area contributed by atoms with Gasteiger partial charge in [-0.05, 0) is 30.0 Å². The molecule has 23 heavy (non-hydrogen) atoms. The number of benzene rings is 2. The first-order chi connectivity index (χ1) is 11.2. The molecule has 0 amide bonds. The fourth-order valence-corrected chi connectivity index (χ4v) is 5.23. The first-order valence-electron chi connectivity index (χ1n) is 8.03. The van der Waals surface area contributed by atoms with Crippen molar-refractivity contribution in [3.8, 4) is 0 Å². The van der Waals surface area contributed by atoms with Gasteiger partial charge in [-0.3, -0.25) is 4.79 Å². The molecule has 2 aliphatic rings. The van der Waals surface area contributed by atoms with Gasteiger partial charge in [0.15, 0.2) is 5.78 Å². The maximum Gasteiger partial charge on any atom is 0.175 e. The van der Waals surface area contributed by atoms with Gasteiger partial charge < -0.3 is 4.90 Å². The number of carbonyl (C=O) groups is 1. The highest BCUT2D eigenvalue weighted by Gasteiger charge is 2.63. The predicted molar refractivity (Wildman–Crippen MR) is 95.7 cm³/mol. The van der Waals surface area contributed by atoms with Crippen LogP contribution in [0, 0.1) is 5.92 Å². The average molecular weight is 319 g/mol. The maximum absolute atomic E-state index is 13.5. The fourth-order valence-electron chi connectivity index (χ4n) is 4.29. The topological polar surface area (TPSA) is 20.3 Å². The highest BCUT2D eigenvalue weighted by molar-refractivity contribution is 7.17. The van der Waals surface area contributed by atoms with Gasteiger partial charge in [-0.25, -0.2) is 0 Å². The van der Waals surface area contributed by atoms with E-state index in [1.165, 1.54) is 16.0 Å². The lowest BCUT2D eigenvalue weighted by atomic mass is 9.82. The molecular weight excluding hydrogens is 302 g/mol. The van der Waals surface area contributed by atoms with Gasteiger partial charge in [0.05, 0.1) is 5.41 Å². The second kappa shape index (κ2) is 4.45. The summed E-state index contributed by atoms with van der Waals surface area (Å²) in [5.74, 6) is 0.772. The maximum atomic E-state index is 13.5. The molecule has 2 aromatic carbocycles. The molecule has 0 N–H and O–H groups in total. The minimum Gasteiger partial charge on any atom is -0.374 e. The summed E-state index contributed by atoms with van der Waals surface area (Å²) < 4.78 is 1.20. The van der Waals surface area contributed by atoms with Crippen LogP contribution in [-0.2, 0) is 5.41 Å². The molecule has 1 fully saturated rings. The number of nitrogens with zero attached hydrogens (tertiary/aromatic N) is 1. The molecule has 0 spiro atoms. The van der Waals surface area contributed by atoms with E-state index in [0.29, 0.717) is 11.7 Å². The molecule has 1 aromatic heterocycles. The van der Waals surface area contributed by atoms with Crippen molar-refractivity contribution in [3.63, 3.8) is 0 Å². The normalized spacial score (nSPS) is 25.1. The molecule has 1 aliphatic carbocycles. The quantitative estimate of drug-likeness (QED) is 0.649. The zero-order chi connectivity index (χ0) is 15.6. The van der Waals surface area contributed by atoms with E-state index in [1.807, 2.05) is 12.1 Å². The number of hydrogen-bond acceptors (Lipinski definition) is 3. The second-order valence-corrected chi connectivity index (χ2v) is 7.66. The van der Waals surface area contributed by atoms with Gasteiger partial charge in [-0.15, -0.1) is 11.3 Å². The molecule has 2 nitrogen and oxygen atoms in total. The number of fused-ring (bicyclic) bond motifs is 4. The molecule has 0 bridgehead atoms. The van der Waals surface area contributed by atoms with Crippen molar-refractivity contribution in [1.82, 2.24) is 0 Å². The van der Waals surface area contributed by atoms with Crippen molar-refractivity contribution >= 4 is 32.9 Å². The lowest BCUT2D eigenvalue weighted by Gasteiger charge is -2.32. The highest BCUT2D eigenvalue weighted by Crippen LogP contribution is 2.61. The number of rotatable bonds is 2. The van der Waals surface area contributed by atoms with Gasteiger partial charge >= 0.3 is 0 Å². The summed E-state index contributed by atoms with van der Waals surface area (Å²) >= 11 is 1.67. The molecule has 3 aromatic rings. The average Bonchev–Trinajstić information content (AvgIpc) is 3.17. The van der Waals surface area contributed by atoms with Gasteiger partial charge in [0.1, 0.15) is 0 Å². The number of anilines is 1. The first kappa shape index (κ1) is 13.3. The van der Waals surface area contributed by atoms with Crippen molar-refractivity contribution in [3.05, 3.63) is 65.0 Å². The Morgan fingerprint density at radius 1 is 1.17 bits per heavy atom. The molecule has 2 heterocycles. The van der Waals surface area contributed by atoms with Crippen LogP contribution in [0.2, 0.25) is 0 Å². The summed E-state index contributed by atoms with van der Waals surface area (Å²) in [5.41, 5.74) is 3.06. The Hall–Kier alpha value is -2.13. The number of hydrogen-bond donors (Lipinski definition) is 0. The molecule has 0 saturated heterocycles. The Balaban J connectivity index is 1.68. The summed E-state index contributed by atoms with van der Waals surface area (Å²) in [6.45, 7) is 0.977. The molecule has 114 valence electrons. The van der Waals surface area contributed by atoms with Crippen LogP contribution in [0.3, 0.4) is 0 Å². The van der Waals surface area contributed by atoms with Crippen molar-refractivity contribution in [2.75, 3.05) is 18.5 Å². The molecule has 1 aliphatic heterocycles. The van der Waals surface area contributed by atoms with E-state index in [9.17, 15) is 4.79 Å². The van der Waals surface area contributed by atoms with Crippen LogP contribution >= 0.6 is 11.3 Å². The summed E-state index contributed by atoms with van der Waals surface area (Å²) in [4.78, 5) is 15.8. The predicted octanol–water partition coefficient (Wildman–Crippen LogP) is 4.49. The van der Waals surface area contributed by atoms with Gasteiger partial charge in [0, 0.05) is 40.3 Å². The minimum atomic E-state index is -0.285. The molecule has 5 rings (SSSR count). The van der Waals surface area contributed by atoms with Crippen LogP contribution < -0.4 is 4.90 Å². The van der Waals surface area contributed by atoms with Crippen molar-refractivity contribution in [1.29, 1.82) is 0 Å². The molecule has 2 atom stereocenters. The van der Waals surface area contributed by atoms with E-state index in [-0.39, 0.29) is 5.41 Å². The summed E-state index contributed by atoms with van der Waals surface area (Å²) in [6.07, 6.45) is 0.983. The lowest BCUT2D eigenvalue weighted by Crippen LogP contribution is -2.35. The van der Waals surface area contributed by atoms with E-state index in [4.69, 9.17) is 0 Å². The second-order valence-electron chi connectivity index (χ2n) is 6.74. The molecule has 0 unspecified atom stereocenters. The Labute approximate surface area is 139 Å². The monoisotopic (exact) mass is 319 g/mol. The standard InChI is InChI=1S/C20H17NOS/c1-21-11-13-10-20(13,16-7-3-4-8-17(16)21)19(22)15-12-23-18-9-5-2-6-14(15)18/h2-9,12-13H,10-11H2,1H3/t13-,20+/m0/s1. The van der Waals surface area contributed by atoms with E-state index < -0.39 is 0 Å². The van der Waals surface area contributed by atoms with E-state index in [0.717, 1.165) is 23.9 Å². The van der Waals surface area contributed by atoms with Gasteiger partial charge in [0.2, 0.25) is 0 Å². The largest absolute Gasteiger partial charge is 0.374 e. The third-order valence-corrected chi connectivity index (χ3v) is 6.49. The van der Waals surface area contributed by atoms with Crippen LogP contribution in [0.1, 0.15) is 22.3 Å². The Morgan fingerprint density at radius 2 is 1.96 bits per heavy atom. The van der Waals surface area contributed by atoms with Crippen molar-refractivity contribution < 1.29 is 4.79 Å². The summed E-state index contributed by atoms with van der Waals surface area (Å²) in [5, 5.41) is 3.16. The third-order valence-electron chi connectivity index (χ3n) is 5.53. The van der Waals surface area contributed by atoms with Crippen LogP contribution in [0.5, 0.6) is 0 Å². The van der Waals surface area contributed by atoms with Gasteiger partial charge in [0.25, 0.3) is 0 Å². The highest BCUT2D eigenvalue weighted by atomic mass is 32.1.